The lowest BCUT2D eigenvalue weighted by atomic mass is 10.2. The van der Waals surface area contributed by atoms with Crippen LogP contribution in [-0.4, -0.2) is 22.0 Å². The fourth-order valence-corrected chi connectivity index (χ4v) is 2.00. The molecule has 0 aromatic heterocycles. The van der Waals surface area contributed by atoms with E-state index in [9.17, 15) is 25.0 Å². The Bertz CT molecular complexity index is 853. The quantitative estimate of drug-likeness (QED) is 0.504. The Kier molecular flexibility index (Phi) is 5.17. The number of non-ortho nitro benzene ring substituents is 1. The van der Waals surface area contributed by atoms with Crippen LogP contribution in [0.1, 0.15) is 15.9 Å². The van der Waals surface area contributed by atoms with Crippen LogP contribution in [-0.2, 0) is 0 Å². The van der Waals surface area contributed by atoms with E-state index in [2.05, 4.69) is 10.5 Å². The summed E-state index contributed by atoms with van der Waals surface area (Å²) in [6.07, 6.45) is 1.24. The Labute approximate surface area is 139 Å². The molecular formula is C14H9ClN4O5. The Morgan fingerprint density at radius 3 is 2.50 bits per heavy atom. The number of benzene rings is 2. The van der Waals surface area contributed by atoms with Gasteiger partial charge in [0.15, 0.2) is 0 Å². The summed E-state index contributed by atoms with van der Waals surface area (Å²) >= 11 is 5.75. The molecule has 2 aromatic carbocycles. The fourth-order valence-electron chi connectivity index (χ4n) is 1.74. The summed E-state index contributed by atoms with van der Waals surface area (Å²) < 4.78 is 0. The highest BCUT2D eigenvalue weighted by Gasteiger charge is 2.12. The van der Waals surface area contributed by atoms with E-state index in [1.54, 1.807) is 0 Å². The van der Waals surface area contributed by atoms with Gasteiger partial charge < -0.3 is 0 Å². The molecule has 1 amide bonds. The number of carbonyl (C=O) groups is 1. The molecular weight excluding hydrogens is 340 g/mol. The van der Waals surface area contributed by atoms with Gasteiger partial charge in [0.25, 0.3) is 17.3 Å². The molecule has 2 rings (SSSR count). The number of amides is 1. The van der Waals surface area contributed by atoms with Crippen molar-refractivity contribution < 1.29 is 14.6 Å². The summed E-state index contributed by atoms with van der Waals surface area (Å²) in [5, 5.41) is 24.9. The first-order chi connectivity index (χ1) is 11.4. The lowest BCUT2D eigenvalue weighted by Gasteiger charge is -2.00. The van der Waals surface area contributed by atoms with Gasteiger partial charge in [-0.15, -0.1) is 0 Å². The minimum absolute atomic E-state index is 0.0611. The molecule has 0 saturated carbocycles. The summed E-state index contributed by atoms with van der Waals surface area (Å²) in [6, 6.07) is 9.11. The molecule has 0 bridgehead atoms. The Morgan fingerprint density at radius 2 is 1.88 bits per heavy atom. The average Bonchev–Trinajstić information content (AvgIpc) is 2.54. The topological polar surface area (TPSA) is 128 Å². The number of hydrazone groups is 1. The van der Waals surface area contributed by atoms with Crippen molar-refractivity contribution in [2.24, 2.45) is 5.10 Å². The van der Waals surface area contributed by atoms with Crippen LogP contribution in [0.5, 0.6) is 0 Å². The number of nitrogens with one attached hydrogen (secondary N) is 1. The van der Waals surface area contributed by atoms with E-state index in [1.807, 2.05) is 0 Å². The molecule has 0 atom stereocenters. The number of rotatable bonds is 5. The van der Waals surface area contributed by atoms with Crippen molar-refractivity contribution in [3.8, 4) is 0 Å². The zero-order chi connectivity index (χ0) is 17.7. The Morgan fingerprint density at radius 1 is 1.12 bits per heavy atom. The van der Waals surface area contributed by atoms with Crippen molar-refractivity contribution in [2.45, 2.75) is 0 Å². The Hall–Kier alpha value is -3.33. The van der Waals surface area contributed by atoms with E-state index < -0.39 is 15.8 Å². The van der Waals surface area contributed by atoms with Gasteiger partial charge in [-0.25, -0.2) is 5.43 Å². The second-order valence-electron chi connectivity index (χ2n) is 4.47. The van der Waals surface area contributed by atoms with Gasteiger partial charge in [-0.3, -0.25) is 25.0 Å². The highest BCUT2D eigenvalue weighted by Crippen LogP contribution is 2.24. The van der Waals surface area contributed by atoms with E-state index >= 15 is 0 Å². The molecule has 122 valence electrons. The van der Waals surface area contributed by atoms with Crippen LogP contribution in [0.15, 0.2) is 47.6 Å². The maximum atomic E-state index is 11.9. The highest BCUT2D eigenvalue weighted by atomic mass is 35.5. The van der Waals surface area contributed by atoms with Crippen molar-refractivity contribution in [1.82, 2.24) is 5.43 Å². The van der Waals surface area contributed by atoms with Crippen LogP contribution in [0, 0.1) is 20.2 Å². The van der Waals surface area contributed by atoms with Crippen molar-refractivity contribution in [1.29, 1.82) is 0 Å². The summed E-state index contributed by atoms with van der Waals surface area (Å²) in [6.45, 7) is 0. The molecule has 10 heteroatoms. The van der Waals surface area contributed by atoms with Crippen molar-refractivity contribution in [2.75, 3.05) is 0 Å². The lowest BCUT2D eigenvalue weighted by molar-refractivity contribution is -0.385. The largest absolute Gasteiger partial charge is 0.287 e. The maximum absolute atomic E-state index is 11.9. The molecule has 0 heterocycles. The number of hydrogen-bond donors (Lipinski definition) is 1. The summed E-state index contributed by atoms with van der Waals surface area (Å²) in [7, 11) is 0. The summed E-state index contributed by atoms with van der Waals surface area (Å²) in [5.41, 5.74) is 2.25. The molecule has 1 N–H and O–H groups in total. The number of nitro groups is 2. The first kappa shape index (κ1) is 17.0. The predicted molar refractivity (Wildman–Crippen MR) is 86.3 cm³/mol. The normalized spacial score (nSPS) is 10.5. The Balaban J connectivity index is 2.07. The van der Waals surface area contributed by atoms with E-state index in [-0.39, 0.29) is 22.0 Å². The van der Waals surface area contributed by atoms with Crippen LogP contribution in [0.4, 0.5) is 11.4 Å². The lowest BCUT2D eigenvalue weighted by Crippen LogP contribution is -2.17. The number of carbonyl (C=O) groups excluding carboxylic acids is 1. The smallest absolute Gasteiger partial charge is 0.267 e. The van der Waals surface area contributed by atoms with Crippen molar-refractivity contribution >= 4 is 35.1 Å². The van der Waals surface area contributed by atoms with Crippen molar-refractivity contribution in [3.63, 3.8) is 0 Å². The third-order valence-electron chi connectivity index (χ3n) is 2.87. The molecule has 0 unspecified atom stereocenters. The average molecular weight is 349 g/mol. The number of nitro benzene ring substituents is 2. The molecule has 0 spiro atoms. The van der Waals surface area contributed by atoms with Gasteiger partial charge in [0.05, 0.1) is 16.1 Å². The zero-order valence-electron chi connectivity index (χ0n) is 11.9. The molecule has 0 aliphatic heterocycles. The second-order valence-corrected chi connectivity index (χ2v) is 4.88. The molecule has 0 aliphatic rings. The third-order valence-corrected chi connectivity index (χ3v) is 3.17. The van der Waals surface area contributed by atoms with Crippen molar-refractivity contribution in [3.05, 3.63) is 78.8 Å². The number of halogens is 1. The monoisotopic (exact) mass is 348 g/mol. The van der Waals surface area contributed by atoms with E-state index in [0.29, 0.717) is 5.56 Å². The van der Waals surface area contributed by atoms with Crippen LogP contribution in [0.3, 0.4) is 0 Å². The van der Waals surface area contributed by atoms with E-state index in [0.717, 1.165) is 6.07 Å². The van der Waals surface area contributed by atoms with Gasteiger partial charge in [0.2, 0.25) is 0 Å². The SMILES string of the molecule is O=C(N/N=C/c1ccc([N+](=O)[O-])c(Cl)c1)c1cccc([N+](=O)[O-])c1. The summed E-state index contributed by atoms with van der Waals surface area (Å²) in [5.74, 6) is -0.636. The second kappa shape index (κ2) is 7.29. The molecule has 0 saturated heterocycles. The van der Waals surface area contributed by atoms with E-state index in [1.165, 1.54) is 42.6 Å². The number of nitrogens with zero attached hydrogens (tertiary/aromatic N) is 3. The summed E-state index contributed by atoms with van der Waals surface area (Å²) in [4.78, 5) is 31.9. The third kappa shape index (κ3) is 4.11. The standard InChI is InChI=1S/C14H9ClN4O5/c15-12-6-9(4-5-13(12)19(23)24)8-16-17-14(20)10-2-1-3-11(7-10)18(21)22/h1-8H,(H,17,20)/b16-8+. The maximum Gasteiger partial charge on any atom is 0.287 e. The fraction of sp³-hybridized carbons (Fsp3) is 0. The van der Waals surface area contributed by atoms with Gasteiger partial charge in [0, 0.05) is 23.8 Å². The highest BCUT2D eigenvalue weighted by molar-refractivity contribution is 6.32. The zero-order valence-corrected chi connectivity index (χ0v) is 12.6. The molecule has 2 aromatic rings. The first-order valence-electron chi connectivity index (χ1n) is 6.40. The van der Waals surface area contributed by atoms with Crippen LogP contribution < -0.4 is 5.43 Å². The number of hydrogen-bond acceptors (Lipinski definition) is 6. The molecule has 9 nitrogen and oxygen atoms in total. The molecule has 0 aliphatic carbocycles. The predicted octanol–water partition coefficient (Wildman–Crippen LogP) is 2.92. The molecule has 0 radical (unpaired) electrons. The van der Waals surface area contributed by atoms with Gasteiger partial charge in [-0.1, -0.05) is 17.7 Å². The van der Waals surface area contributed by atoms with Crippen LogP contribution in [0.2, 0.25) is 5.02 Å². The first-order valence-corrected chi connectivity index (χ1v) is 6.78. The van der Waals surface area contributed by atoms with E-state index in [4.69, 9.17) is 11.6 Å². The minimum atomic E-state index is -0.636. The van der Waals surface area contributed by atoms with Gasteiger partial charge >= 0.3 is 0 Å². The van der Waals surface area contributed by atoms with Gasteiger partial charge in [-0.05, 0) is 23.8 Å². The minimum Gasteiger partial charge on any atom is -0.267 e. The molecule has 24 heavy (non-hydrogen) atoms. The van der Waals surface area contributed by atoms with Crippen LogP contribution >= 0.6 is 11.6 Å². The van der Waals surface area contributed by atoms with Gasteiger partial charge in [0.1, 0.15) is 5.02 Å². The van der Waals surface area contributed by atoms with Crippen LogP contribution in [0.25, 0.3) is 0 Å². The molecule has 0 fully saturated rings. The van der Waals surface area contributed by atoms with Gasteiger partial charge in [-0.2, -0.15) is 5.10 Å².